The Bertz CT molecular complexity index is 699. The van der Waals surface area contributed by atoms with Gasteiger partial charge in [-0.1, -0.05) is 13.0 Å². The number of ether oxygens (including phenoxy) is 3. The van der Waals surface area contributed by atoms with Gasteiger partial charge in [-0.05, 0) is 36.1 Å². The van der Waals surface area contributed by atoms with Crippen LogP contribution >= 0.6 is 11.3 Å². The molecule has 0 spiro atoms. The predicted octanol–water partition coefficient (Wildman–Crippen LogP) is 3.02. The molecule has 6 nitrogen and oxygen atoms in total. The van der Waals surface area contributed by atoms with Crippen molar-refractivity contribution in [3.8, 4) is 11.5 Å². The van der Waals surface area contributed by atoms with E-state index in [1.807, 2.05) is 24.4 Å². The molecule has 0 atom stereocenters. The molecule has 1 amide bonds. The van der Waals surface area contributed by atoms with Crippen LogP contribution in [0.3, 0.4) is 0 Å². The first-order chi connectivity index (χ1) is 12.1. The number of amides is 1. The van der Waals surface area contributed by atoms with Crippen LogP contribution in [-0.4, -0.2) is 32.2 Å². The fourth-order valence-electron chi connectivity index (χ4n) is 1.99. The number of carbonyl (C=O) groups is 2. The monoisotopic (exact) mass is 363 g/mol. The molecule has 1 N–H and O–H groups in total. The van der Waals surface area contributed by atoms with E-state index in [0.717, 1.165) is 11.3 Å². The van der Waals surface area contributed by atoms with Crippen LogP contribution in [-0.2, 0) is 16.1 Å². The number of esters is 1. The topological polar surface area (TPSA) is 73.9 Å². The first-order valence-corrected chi connectivity index (χ1v) is 8.79. The highest BCUT2D eigenvalue weighted by atomic mass is 32.1. The minimum absolute atomic E-state index is 0.298. The molecule has 0 aliphatic heterocycles. The molecule has 0 aliphatic rings. The molecule has 2 rings (SSSR count). The highest BCUT2D eigenvalue weighted by molar-refractivity contribution is 7.09. The maximum atomic E-state index is 12.1. The zero-order valence-electron chi connectivity index (χ0n) is 14.2. The lowest BCUT2D eigenvalue weighted by molar-refractivity contribution is -0.124. The van der Waals surface area contributed by atoms with Crippen molar-refractivity contribution in [2.24, 2.45) is 0 Å². The van der Waals surface area contributed by atoms with Gasteiger partial charge in [0, 0.05) is 4.88 Å². The summed E-state index contributed by atoms with van der Waals surface area (Å²) in [5, 5.41) is 4.63. The van der Waals surface area contributed by atoms with Crippen molar-refractivity contribution in [3.63, 3.8) is 0 Å². The van der Waals surface area contributed by atoms with Gasteiger partial charge in [0.05, 0.1) is 25.8 Å². The van der Waals surface area contributed by atoms with Gasteiger partial charge in [0.2, 0.25) is 0 Å². The minimum Gasteiger partial charge on any atom is -0.493 e. The Morgan fingerprint density at radius 3 is 2.72 bits per heavy atom. The molecule has 1 heterocycles. The van der Waals surface area contributed by atoms with Gasteiger partial charge in [0.25, 0.3) is 5.91 Å². The van der Waals surface area contributed by atoms with E-state index in [-0.39, 0.29) is 12.5 Å². The molecule has 0 saturated carbocycles. The molecule has 0 aliphatic carbocycles. The average Bonchev–Trinajstić information content (AvgIpc) is 3.16. The highest BCUT2D eigenvalue weighted by Gasteiger charge is 2.14. The Morgan fingerprint density at radius 1 is 1.20 bits per heavy atom. The first kappa shape index (κ1) is 18.8. The fraction of sp³-hybridized carbons (Fsp3) is 0.333. The molecule has 0 saturated heterocycles. The van der Waals surface area contributed by atoms with Crippen LogP contribution in [0.1, 0.15) is 28.6 Å². The molecular weight excluding hydrogens is 342 g/mol. The molecule has 1 aromatic heterocycles. The average molecular weight is 363 g/mol. The van der Waals surface area contributed by atoms with Crippen LogP contribution < -0.4 is 14.8 Å². The van der Waals surface area contributed by atoms with E-state index in [4.69, 9.17) is 14.2 Å². The Balaban J connectivity index is 1.86. The number of methoxy groups -OCH3 is 1. The Hall–Kier alpha value is -2.54. The van der Waals surface area contributed by atoms with Gasteiger partial charge in [-0.2, -0.15) is 0 Å². The van der Waals surface area contributed by atoms with E-state index in [1.165, 1.54) is 13.2 Å². The number of carbonyl (C=O) groups excluding carboxylic acids is 2. The van der Waals surface area contributed by atoms with Crippen molar-refractivity contribution in [1.29, 1.82) is 0 Å². The van der Waals surface area contributed by atoms with Crippen LogP contribution in [0.25, 0.3) is 0 Å². The third kappa shape index (κ3) is 5.79. The number of thiophene rings is 1. The number of rotatable bonds is 9. The van der Waals surface area contributed by atoms with Crippen LogP contribution in [0.2, 0.25) is 0 Å². The quantitative estimate of drug-likeness (QED) is 0.693. The maximum absolute atomic E-state index is 12.1. The summed E-state index contributed by atoms with van der Waals surface area (Å²) in [7, 11) is 1.50. The van der Waals surface area contributed by atoms with Crippen molar-refractivity contribution in [1.82, 2.24) is 5.32 Å². The smallest absolute Gasteiger partial charge is 0.338 e. The summed E-state index contributed by atoms with van der Waals surface area (Å²) in [5.41, 5.74) is 0.298. The molecule has 0 unspecified atom stereocenters. The van der Waals surface area contributed by atoms with Gasteiger partial charge in [-0.3, -0.25) is 4.79 Å². The number of nitrogens with one attached hydrogen (secondary N) is 1. The summed E-state index contributed by atoms with van der Waals surface area (Å²) < 4.78 is 15.8. The molecular formula is C18H21NO5S. The van der Waals surface area contributed by atoms with Crippen molar-refractivity contribution in [3.05, 3.63) is 46.2 Å². The van der Waals surface area contributed by atoms with Crippen LogP contribution in [0.4, 0.5) is 0 Å². The SMILES string of the molecule is CCCOc1ccc(C(=O)OCC(=O)NCc2cccs2)cc1OC. The number of hydrogen-bond donors (Lipinski definition) is 1. The van der Waals surface area contributed by atoms with E-state index in [1.54, 1.807) is 23.5 Å². The lowest BCUT2D eigenvalue weighted by atomic mass is 10.2. The van der Waals surface area contributed by atoms with Crippen molar-refractivity contribution in [2.75, 3.05) is 20.3 Å². The van der Waals surface area contributed by atoms with Crippen molar-refractivity contribution >= 4 is 23.2 Å². The van der Waals surface area contributed by atoms with Crippen LogP contribution in [0.5, 0.6) is 11.5 Å². The molecule has 1 aromatic carbocycles. The maximum Gasteiger partial charge on any atom is 0.338 e. The van der Waals surface area contributed by atoms with Crippen molar-refractivity contribution in [2.45, 2.75) is 19.9 Å². The van der Waals surface area contributed by atoms with Gasteiger partial charge in [-0.15, -0.1) is 11.3 Å². The Morgan fingerprint density at radius 2 is 2.04 bits per heavy atom. The van der Waals surface area contributed by atoms with Gasteiger partial charge < -0.3 is 19.5 Å². The first-order valence-electron chi connectivity index (χ1n) is 7.91. The normalized spacial score (nSPS) is 10.2. The van der Waals surface area contributed by atoms with E-state index >= 15 is 0 Å². The largest absolute Gasteiger partial charge is 0.493 e. The summed E-state index contributed by atoms with van der Waals surface area (Å²) in [4.78, 5) is 24.9. The van der Waals surface area contributed by atoms with E-state index in [2.05, 4.69) is 5.32 Å². The Labute approximate surface area is 150 Å². The van der Waals surface area contributed by atoms with Crippen LogP contribution in [0.15, 0.2) is 35.7 Å². The second-order valence-electron chi connectivity index (χ2n) is 5.15. The van der Waals surface area contributed by atoms with Gasteiger partial charge in [-0.25, -0.2) is 4.79 Å². The van der Waals surface area contributed by atoms with Crippen molar-refractivity contribution < 1.29 is 23.8 Å². The molecule has 2 aromatic rings. The lowest BCUT2D eigenvalue weighted by Gasteiger charge is -2.11. The van der Waals surface area contributed by atoms with Gasteiger partial charge >= 0.3 is 5.97 Å². The summed E-state index contributed by atoms with van der Waals surface area (Å²) in [6.07, 6.45) is 0.869. The second kappa shape index (κ2) is 9.68. The molecule has 7 heteroatoms. The zero-order chi connectivity index (χ0) is 18.1. The van der Waals surface area contributed by atoms with Gasteiger partial charge in [0.15, 0.2) is 18.1 Å². The lowest BCUT2D eigenvalue weighted by Crippen LogP contribution is -2.28. The summed E-state index contributed by atoms with van der Waals surface area (Å²) in [6, 6.07) is 8.61. The van der Waals surface area contributed by atoms with Gasteiger partial charge in [0.1, 0.15) is 0 Å². The molecule has 0 fully saturated rings. The van der Waals surface area contributed by atoms with E-state index < -0.39 is 5.97 Å². The zero-order valence-corrected chi connectivity index (χ0v) is 15.1. The summed E-state index contributed by atoms with van der Waals surface area (Å²) in [5.74, 6) is 0.0721. The second-order valence-corrected chi connectivity index (χ2v) is 6.18. The predicted molar refractivity (Wildman–Crippen MR) is 95.2 cm³/mol. The molecule has 0 radical (unpaired) electrons. The summed E-state index contributed by atoms with van der Waals surface area (Å²) >= 11 is 1.55. The third-order valence-corrected chi connectivity index (χ3v) is 4.11. The Kier molecular flexibility index (Phi) is 7.28. The molecule has 0 bridgehead atoms. The third-order valence-electron chi connectivity index (χ3n) is 3.24. The summed E-state index contributed by atoms with van der Waals surface area (Å²) in [6.45, 7) is 2.65. The standard InChI is InChI=1S/C18H21NO5S/c1-3-8-23-15-7-6-13(10-16(15)22-2)18(21)24-12-17(20)19-11-14-5-4-9-25-14/h4-7,9-10H,3,8,11-12H2,1-2H3,(H,19,20). The number of hydrogen-bond acceptors (Lipinski definition) is 6. The fourth-order valence-corrected chi connectivity index (χ4v) is 2.63. The molecule has 134 valence electrons. The molecule has 25 heavy (non-hydrogen) atoms. The van der Waals surface area contributed by atoms with E-state index in [9.17, 15) is 9.59 Å². The van der Waals surface area contributed by atoms with Crippen LogP contribution in [0, 0.1) is 0 Å². The minimum atomic E-state index is -0.591. The number of benzene rings is 1. The highest BCUT2D eigenvalue weighted by Crippen LogP contribution is 2.28. The van der Waals surface area contributed by atoms with E-state index in [0.29, 0.717) is 30.2 Å².